The van der Waals surface area contributed by atoms with Gasteiger partial charge in [0.1, 0.15) is 11.6 Å². The Kier molecular flexibility index (Phi) is 4.53. The van der Waals surface area contributed by atoms with E-state index in [1.807, 2.05) is 0 Å². The maximum Gasteiger partial charge on any atom is 0.229 e. The SMILES string of the molecule is c1c(NC23CC4CC(CC(C4)C2)C3)nc(N2CCNCC2)nc1NC12CC3CC(CC(C3)C1)C2. The van der Waals surface area contributed by atoms with Crippen LogP contribution in [0.4, 0.5) is 17.6 Å². The van der Waals surface area contributed by atoms with Gasteiger partial charge in [0.05, 0.1) is 0 Å². The van der Waals surface area contributed by atoms with E-state index in [2.05, 4.69) is 26.9 Å². The second kappa shape index (κ2) is 7.47. The van der Waals surface area contributed by atoms with E-state index in [1.54, 1.807) is 0 Å². The summed E-state index contributed by atoms with van der Waals surface area (Å²) in [5.41, 5.74) is 0.559. The van der Waals surface area contributed by atoms with Gasteiger partial charge in [0.2, 0.25) is 5.95 Å². The summed E-state index contributed by atoms with van der Waals surface area (Å²) in [7, 11) is 0. The van der Waals surface area contributed by atoms with Gasteiger partial charge in [-0.1, -0.05) is 0 Å². The van der Waals surface area contributed by atoms with Gasteiger partial charge in [-0.3, -0.25) is 0 Å². The molecule has 6 nitrogen and oxygen atoms in total. The first-order valence-corrected chi connectivity index (χ1v) is 14.5. The second-order valence-electron chi connectivity index (χ2n) is 13.8. The maximum absolute atomic E-state index is 5.16. The van der Waals surface area contributed by atoms with Crippen LogP contribution in [-0.4, -0.2) is 47.2 Å². The Morgan fingerprint density at radius 3 is 1.41 bits per heavy atom. The molecule has 9 aliphatic rings. The Morgan fingerprint density at radius 1 is 0.647 bits per heavy atom. The number of nitrogens with zero attached hydrogens (tertiary/aromatic N) is 3. The van der Waals surface area contributed by atoms with Crippen molar-refractivity contribution >= 4 is 17.6 Å². The summed E-state index contributed by atoms with van der Waals surface area (Å²) in [6.07, 6.45) is 17.0. The molecule has 1 aromatic heterocycles. The second-order valence-corrected chi connectivity index (χ2v) is 13.8. The molecule has 6 heteroatoms. The monoisotopic (exact) mass is 462 g/mol. The molecule has 0 unspecified atom stereocenters. The Bertz CT molecular complexity index is 817. The number of rotatable bonds is 5. The van der Waals surface area contributed by atoms with Gasteiger partial charge < -0.3 is 20.9 Å². The van der Waals surface area contributed by atoms with Crippen LogP contribution in [0.3, 0.4) is 0 Å². The van der Waals surface area contributed by atoms with E-state index in [9.17, 15) is 0 Å². The maximum atomic E-state index is 5.16. The fourth-order valence-corrected chi connectivity index (χ4v) is 10.6. The third-order valence-corrected chi connectivity index (χ3v) is 11.0. The molecule has 184 valence electrons. The average Bonchev–Trinajstić information content (AvgIpc) is 2.77. The Hall–Kier alpha value is -1.56. The van der Waals surface area contributed by atoms with Crippen molar-refractivity contribution in [3.8, 4) is 0 Å². The summed E-state index contributed by atoms with van der Waals surface area (Å²) in [6.45, 7) is 4.04. The summed E-state index contributed by atoms with van der Waals surface area (Å²) < 4.78 is 0. The minimum absolute atomic E-state index is 0.280. The van der Waals surface area contributed by atoms with Crippen LogP contribution < -0.4 is 20.9 Å². The van der Waals surface area contributed by atoms with Crippen molar-refractivity contribution in [3.63, 3.8) is 0 Å². The number of hydrogen-bond donors (Lipinski definition) is 3. The van der Waals surface area contributed by atoms with Crippen molar-refractivity contribution in [1.82, 2.24) is 15.3 Å². The Morgan fingerprint density at radius 2 is 1.03 bits per heavy atom. The van der Waals surface area contributed by atoms with Crippen LogP contribution in [0.5, 0.6) is 0 Å². The van der Waals surface area contributed by atoms with Crippen molar-refractivity contribution in [1.29, 1.82) is 0 Å². The Balaban J connectivity index is 1.11. The molecule has 8 aliphatic carbocycles. The lowest BCUT2D eigenvalue weighted by atomic mass is 9.53. The lowest BCUT2D eigenvalue weighted by Gasteiger charge is -2.57. The van der Waals surface area contributed by atoms with Crippen molar-refractivity contribution in [2.75, 3.05) is 41.7 Å². The predicted molar refractivity (Wildman–Crippen MR) is 136 cm³/mol. The zero-order valence-corrected chi connectivity index (χ0v) is 20.7. The first-order valence-electron chi connectivity index (χ1n) is 14.5. The predicted octanol–water partition coefficient (Wildman–Crippen LogP) is 4.65. The highest BCUT2D eigenvalue weighted by atomic mass is 15.3. The molecule has 0 amide bonds. The minimum Gasteiger partial charge on any atom is -0.364 e. The topological polar surface area (TPSA) is 65.1 Å². The number of nitrogens with one attached hydrogen (secondary N) is 3. The van der Waals surface area contributed by atoms with Gasteiger partial charge in [-0.05, 0) is 113 Å². The molecule has 0 radical (unpaired) electrons. The summed E-state index contributed by atoms with van der Waals surface area (Å²) >= 11 is 0. The zero-order valence-electron chi connectivity index (χ0n) is 20.7. The van der Waals surface area contributed by atoms with Crippen LogP contribution in [0.15, 0.2) is 6.07 Å². The summed E-state index contributed by atoms with van der Waals surface area (Å²) in [5, 5.41) is 11.7. The third-order valence-electron chi connectivity index (χ3n) is 11.0. The van der Waals surface area contributed by atoms with Gasteiger partial charge in [-0.2, -0.15) is 9.97 Å². The molecule has 34 heavy (non-hydrogen) atoms. The molecule has 10 rings (SSSR count). The largest absolute Gasteiger partial charge is 0.364 e. The number of piperazine rings is 1. The molecular formula is C28H42N6. The molecule has 1 aliphatic heterocycles. The van der Waals surface area contributed by atoms with Crippen molar-refractivity contribution in [3.05, 3.63) is 6.07 Å². The highest BCUT2D eigenvalue weighted by molar-refractivity contribution is 5.56. The number of hydrogen-bond acceptors (Lipinski definition) is 6. The van der Waals surface area contributed by atoms with Crippen LogP contribution in [0.25, 0.3) is 0 Å². The van der Waals surface area contributed by atoms with Crippen LogP contribution in [0, 0.1) is 35.5 Å². The van der Waals surface area contributed by atoms with Crippen LogP contribution in [0.2, 0.25) is 0 Å². The third kappa shape index (κ3) is 3.53. The quantitative estimate of drug-likeness (QED) is 0.592. The highest BCUT2D eigenvalue weighted by Crippen LogP contribution is 2.58. The van der Waals surface area contributed by atoms with Gasteiger partial charge >= 0.3 is 0 Å². The zero-order chi connectivity index (χ0) is 22.3. The van der Waals surface area contributed by atoms with Crippen molar-refractivity contribution in [2.45, 2.75) is 88.1 Å². The van der Waals surface area contributed by atoms with Crippen molar-refractivity contribution < 1.29 is 0 Å². The van der Waals surface area contributed by atoms with E-state index in [0.717, 1.165) is 79.3 Å². The molecule has 0 atom stereocenters. The van der Waals surface area contributed by atoms with E-state index in [-0.39, 0.29) is 11.1 Å². The van der Waals surface area contributed by atoms with Gasteiger partial charge in [0.25, 0.3) is 0 Å². The molecule has 1 aromatic rings. The van der Waals surface area contributed by atoms with Crippen LogP contribution in [0.1, 0.15) is 77.0 Å². The first-order chi connectivity index (χ1) is 16.6. The van der Waals surface area contributed by atoms with E-state index < -0.39 is 0 Å². The van der Waals surface area contributed by atoms with E-state index in [1.165, 1.54) is 77.0 Å². The lowest BCUT2D eigenvalue weighted by Crippen LogP contribution is -2.55. The van der Waals surface area contributed by atoms with Gasteiger partial charge in [-0.15, -0.1) is 0 Å². The van der Waals surface area contributed by atoms with Crippen molar-refractivity contribution in [2.24, 2.45) is 35.5 Å². The fourth-order valence-electron chi connectivity index (χ4n) is 10.6. The lowest BCUT2D eigenvalue weighted by molar-refractivity contribution is 0.0104. The molecule has 0 spiro atoms. The molecule has 1 saturated heterocycles. The molecule has 3 N–H and O–H groups in total. The Labute approximate surface area is 204 Å². The molecule has 8 bridgehead atoms. The number of aromatic nitrogens is 2. The standard InChI is InChI=1S/C28H42N6/c1-3-34(4-2-29-1)26-30-24(32-27-12-18-5-19(13-27)7-20(6-18)14-27)11-25(31-26)33-28-15-21-8-22(16-28)10-23(9-21)17-28/h11,18-23,29H,1-10,12-17H2,(H2,30,31,32,33). The van der Waals surface area contributed by atoms with E-state index in [4.69, 9.17) is 9.97 Å². The van der Waals surface area contributed by atoms with Crippen LogP contribution >= 0.6 is 0 Å². The van der Waals surface area contributed by atoms with Gasteiger partial charge in [0.15, 0.2) is 0 Å². The van der Waals surface area contributed by atoms with Gasteiger partial charge in [0, 0.05) is 43.3 Å². The van der Waals surface area contributed by atoms with Crippen LogP contribution in [-0.2, 0) is 0 Å². The summed E-state index contributed by atoms with van der Waals surface area (Å²) in [4.78, 5) is 12.7. The summed E-state index contributed by atoms with van der Waals surface area (Å²) in [6, 6.07) is 2.28. The molecule has 9 fully saturated rings. The molecule has 8 saturated carbocycles. The van der Waals surface area contributed by atoms with E-state index >= 15 is 0 Å². The minimum atomic E-state index is 0.280. The normalized spacial score (nSPS) is 46.2. The summed E-state index contributed by atoms with van der Waals surface area (Å²) in [5.74, 6) is 8.75. The molecule has 2 heterocycles. The average molecular weight is 463 g/mol. The first kappa shape index (κ1) is 20.6. The number of anilines is 3. The molecular weight excluding hydrogens is 420 g/mol. The smallest absolute Gasteiger partial charge is 0.229 e. The van der Waals surface area contributed by atoms with E-state index in [0.29, 0.717) is 0 Å². The fraction of sp³-hybridized carbons (Fsp3) is 0.857. The highest BCUT2D eigenvalue weighted by Gasteiger charge is 2.52. The molecule has 0 aromatic carbocycles. The van der Waals surface area contributed by atoms with Gasteiger partial charge in [-0.25, -0.2) is 0 Å².